The summed E-state index contributed by atoms with van der Waals surface area (Å²) in [6.07, 6.45) is -1.70. The van der Waals surface area contributed by atoms with E-state index in [1.54, 1.807) is 0 Å². The van der Waals surface area contributed by atoms with Crippen molar-refractivity contribution in [1.29, 1.82) is 0 Å². The maximum atomic E-state index is 12.7. The van der Waals surface area contributed by atoms with Crippen LogP contribution in [0.2, 0.25) is 0 Å². The number of aliphatic imine (C=N–C) groups is 1. The summed E-state index contributed by atoms with van der Waals surface area (Å²) in [4.78, 5) is 15.6. The first-order chi connectivity index (χ1) is 8.98. The summed E-state index contributed by atoms with van der Waals surface area (Å²) in [6.45, 7) is 0.316. The van der Waals surface area contributed by atoms with Gasteiger partial charge in [-0.1, -0.05) is 12.1 Å². The molecule has 0 aromatic heterocycles. The van der Waals surface area contributed by atoms with Crippen molar-refractivity contribution in [2.75, 3.05) is 11.9 Å². The number of benzene rings is 1. The predicted molar refractivity (Wildman–Crippen MR) is 64.7 cm³/mol. The van der Waals surface area contributed by atoms with Gasteiger partial charge in [-0.3, -0.25) is 9.79 Å². The number of alkyl halides is 3. The first kappa shape index (κ1) is 13.1. The van der Waals surface area contributed by atoms with Crippen molar-refractivity contribution in [3.8, 4) is 0 Å². The predicted octanol–water partition coefficient (Wildman–Crippen LogP) is 2.16. The summed E-state index contributed by atoms with van der Waals surface area (Å²) >= 11 is 0. The van der Waals surface area contributed by atoms with E-state index in [-0.39, 0.29) is 11.4 Å². The monoisotopic (exact) mass is 269 g/mol. The van der Waals surface area contributed by atoms with E-state index in [4.69, 9.17) is 0 Å². The van der Waals surface area contributed by atoms with Crippen LogP contribution in [0.3, 0.4) is 0 Å². The van der Waals surface area contributed by atoms with E-state index in [0.717, 1.165) is 6.07 Å². The topological polar surface area (TPSA) is 53.5 Å². The lowest BCUT2D eigenvalue weighted by Crippen LogP contribution is -2.28. The van der Waals surface area contributed by atoms with Crippen molar-refractivity contribution in [1.82, 2.24) is 5.32 Å². The molecule has 0 spiro atoms. The standard InChI is InChI=1S/C12H10F3N3O/c13-12(14,15)8-3-1-2-4-9(8)18-11(19)10-5-6-16-7-17-10/h1-5,7H,6H2,(H,16,17)(H,18,19). The normalized spacial score (nSPS) is 14.6. The number of para-hydroxylation sites is 1. The largest absolute Gasteiger partial charge is 0.418 e. The molecule has 7 heteroatoms. The number of nitrogens with zero attached hydrogens (tertiary/aromatic N) is 1. The molecule has 0 aliphatic carbocycles. The molecule has 1 aromatic rings. The molecule has 0 radical (unpaired) electrons. The van der Waals surface area contributed by atoms with E-state index in [2.05, 4.69) is 15.6 Å². The zero-order valence-corrected chi connectivity index (χ0v) is 9.66. The van der Waals surface area contributed by atoms with Gasteiger partial charge in [0.2, 0.25) is 0 Å². The van der Waals surface area contributed by atoms with Gasteiger partial charge in [-0.25, -0.2) is 0 Å². The number of hydrogen-bond donors (Lipinski definition) is 2. The van der Waals surface area contributed by atoms with Gasteiger partial charge < -0.3 is 10.6 Å². The molecule has 100 valence electrons. The minimum atomic E-state index is -4.51. The summed E-state index contributed by atoms with van der Waals surface area (Å²) in [6, 6.07) is 4.82. The van der Waals surface area contributed by atoms with E-state index >= 15 is 0 Å². The molecule has 4 nitrogen and oxygen atoms in total. The lowest BCUT2D eigenvalue weighted by molar-refractivity contribution is -0.137. The molecule has 2 rings (SSSR count). The minimum absolute atomic E-state index is 0.173. The van der Waals surface area contributed by atoms with Crippen LogP contribution in [0.25, 0.3) is 0 Å². The second kappa shape index (κ2) is 5.13. The Morgan fingerprint density at radius 1 is 1.32 bits per heavy atom. The van der Waals surface area contributed by atoms with Gasteiger partial charge in [0.25, 0.3) is 5.91 Å². The molecule has 1 aromatic carbocycles. The van der Waals surface area contributed by atoms with Crippen LogP contribution in [-0.2, 0) is 11.0 Å². The van der Waals surface area contributed by atoms with Gasteiger partial charge in [0.05, 0.1) is 24.1 Å². The highest BCUT2D eigenvalue weighted by atomic mass is 19.4. The SMILES string of the molecule is O=C(Nc1ccccc1C(F)(F)F)C1=CCN=CN1. The second-order valence-electron chi connectivity index (χ2n) is 3.75. The number of amides is 1. The van der Waals surface area contributed by atoms with Gasteiger partial charge in [-0.2, -0.15) is 13.2 Å². The fraction of sp³-hybridized carbons (Fsp3) is 0.167. The lowest BCUT2D eigenvalue weighted by Gasteiger charge is -2.15. The molecular formula is C12H10F3N3O. The number of carbonyl (C=O) groups is 1. The van der Waals surface area contributed by atoms with Crippen LogP contribution in [0.4, 0.5) is 18.9 Å². The zero-order chi connectivity index (χ0) is 13.9. The third kappa shape index (κ3) is 3.12. The second-order valence-corrected chi connectivity index (χ2v) is 3.75. The molecule has 1 amide bonds. The smallest absolute Gasteiger partial charge is 0.342 e. The molecule has 2 N–H and O–H groups in total. The van der Waals surface area contributed by atoms with Crippen molar-refractivity contribution >= 4 is 17.9 Å². The maximum Gasteiger partial charge on any atom is 0.418 e. The number of hydrogen-bond acceptors (Lipinski definition) is 3. The van der Waals surface area contributed by atoms with Crippen LogP contribution in [-0.4, -0.2) is 18.8 Å². The quantitative estimate of drug-likeness (QED) is 0.864. The van der Waals surface area contributed by atoms with E-state index in [9.17, 15) is 18.0 Å². The first-order valence-corrected chi connectivity index (χ1v) is 5.41. The summed E-state index contributed by atoms with van der Waals surface area (Å²) in [5.41, 5.74) is -0.981. The Kier molecular flexibility index (Phi) is 3.55. The van der Waals surface area contributed by atoms with Crippen molar-refractivity contribution in [3.63, 3.8) is 0 Å². The Balaban J connectivity index is 2.20. The summed E-state index contributed by atoms with van der Waals surface area (Å²) in [7, 11) is 0. The van der Waals surface area contributed by atoms with Gasteiger partial charge in [-0.05, 0) is 18.2 Å². The van der Waals surface area contributed by atoms with Crippen molar-refractivity contribution in [2.45, 2.75) is 6.18 Å². The van der Waals surface area contributed by atoms with Crippen molar-refractivity contribution < 1.29 is 18.0 Å². The molecule has 0 atom stereocenters. The first-order valence-electron chi connectivity index (χ1n) is 5.41. The maximum absolute atomic E-state index is 12.7. The van der Waals surface area contributed by atoms with Gasteiger partial charge in [0.1, 0.15) is 5.70 Å². The molecule has 0 unspecified atom stereocenters. The average Bonchev–Trinajstić information content (AvgIpc) is 2.39. The molecule has 0 saturated heterocycles. The lowest BCUT2D eigenvalue weighted by atomic mass is 10.1. The van der Waals surface area contributed by atoms with Gasteiger partial charge in [-0.15, -0.1) is 0 Å². The molecule has 1 aliphatic rings. The zero-order valence-electron chi connectivity index (χ0n) is 9.66. The summed E-state index contributed by atoms with van der Waals surface area (Å²) in [5.74, 6) is -0.636. The Hall–Kier alpha value is -2.31. The fourth-order valence-corrected chi connectivity index (χ4v) is 1.56. The third-order valence-corrected chi connectivity index (χ3v) is 2.44. The highest BCUT2D eigenvalue weighted by Crippen LogP contribution is 2.34. The molecule has 1 heterocycles. The van der Waals surface area contributed by atoms with Crippen LogP contribution in [0, 0.1) is 0 Å². The Morgan fingerprint density at radius 2 is 2.05 bits per heavy atom. The Morgan fingerprint density at radius 3 is 2.68 bits per heavy atom. The van der Waals surface area contributed by atoms with E-state index in [0.29, 0.717) is 6.54 Å². The van der Waals surface area contributed by atoms with Crippen LogP contribution in [0.1, 0.15) is 5.56 Å². The van der Waals surface area contributed by atoms with Crippen molar-refractivity contribution in [3.05, 3.63) is 41.6 Å². The van der Waals surface area contributed by atoms with E-state index in [1.165, 1.54) is 30.6 Å². The summed E-state index contributed by atoms with van der Waals surface area (Å²) in [5, 5.41) is 4.81. The van der Waals surface area contributed by atoms with Gasteiger partial charge in [0, 0.05) is 0 Å². The van der Waals surface area contributed by atoms with Crippen molar-refractivity contribution in [2.24, 2.45) is 4.99 Å². The number of anilines is 1. The molecule has 19 heavy (non-hydrogen) atoms. The highest BCUT2D eigenvalue weighted by Gasteiger charge is 2.33. The fourth-order valence-electron chi connectivity index (χ4n) is 1.56. The van der Waals surface area contributed by atoms with E-state index in [1.807, 2.05) is 0 Å². The van der Waals surface area contributed by atoms with Gasteiger partial charge >= 0.3 is 6.18 Å². The molecule has 0 saturated carbocycles. The number of carbonyl (C=O) groups excluding carboxylic acids is 1. The van der Waals surface area contributed by atoms with Crippen LogP contribution >= 0.6 is 0 Å². The highest BCUT2D eigenvalue weighted by molar-refractivity contribution is 6.05. The number of rotatable bonds is 2. The van der Waals surface area contributed by atoms with Gasteiger partial charge in [0.15, 0.2) is 0 Å². The number of halogens is 3. The van der Waals surface area contributed by atoms with E-state index < -0.39 is 17.6 Å². The molecule has 0 fully saturated rings. The summed E-state index contributed by atoms with van der Waals surface area (Å²) < 4.78 is 38.2. The van der Waals surface area contributed by atoms with Crippen LogP contribution < -0.4 is 10.6 Å². The minimum Gasteiger partial charge on any atom is -0.342 e. The van der Waals surface area contributed by atoms with Crippen LogP contribution in [0.15, 0.2) is 41.0 Å². The Bertz CT molecular complexity index is 549. The third-order valence-electron chi connectivity index (χ3n) is 2.44. The Labute approximate surface area is 107 Å². The number of nitrogens with one attached hydrogen (secondary N) is 2. The molecular weight excluding hydrogens is 259 g/mol. The average molecular weight is 269 g/mol. The molecule has 0 bridgehead atoms. The molecule has 1 aliphatic heterocycles. The van der Waals surface area contributed by atoms with Crippen LogP contribution in [0.5, 0.6) is 0 Å².